The highest BCUT2D eigenvalue weighted by Crippen LogP contribution is 2.31. The molecule has 0 radical (unpaired) electrons. The zero-order valence-electron chi connectivity index (χ0n) is 20.1. The van der Waals surface area contributed by atoms with Gasteiger partial charge in [0.2, 0.25) is 0 Å². The van der Waals surface area contributed by atoms with Crippen molar-refractivity contribution < 1.29 is 38.2 Å². The average Bonchev–Trinajstić information content (AvgIpc) is 3.32. The molecule has 186 valence electrons. The molecule has 0 bridgehead atoms. The van der Waals surface area contributed by atoms with Gasteiger partial charge in [0, 0.05) is 36.3 Å². The Kier molecular flexibility index (Phi) is 9.28. The van der Waals surface area contributed by atoms with E-state index in [2.05, 4.69) is 0 Å². The molecular formula is C24H32N2O8. The van der Waals surface area contributed by atoms with E-state index in [1.54, 1.807) is 6.92 Å². The molecule has 2 heterocycles. The summed E-state index contributed by atoms with van der Waals surface area (Å²) >= 11 is 0. The van der Waals surface area contributed by atoms with E-state index in [0.717, 1.165) is 46.9 Å². The lowest BCUT2D eigenvalue weighted by Gasteiger charge is -2.33. The van der Waals surface area contributed by atoms with Crippen LogP contribution in [0.3, 0.4) is 0 Å². The van der Waals surface area contributed by atoms with Crippen molar-refractivity contribution in [2.75, 3.05) is 19.8 Å². The Balaban J connectivity index is 1.98. The molecule has 4 amide bonds. The van der Waals surface area contributed by atoms with Crippen molar-refractivity contribution in [2.45, 2.75) is 59.4 Å². The quantitative estimate of drug-likeness (QED) is 0.289. The summed E-state index contributed by atoms with van der Waals surface area (Å²) in [5, 5.41) is 0. The third-order valence-electron chi connectivity index (χ3n) is 6.18. The van der Waals surface area contributed by atoms with Crippen molar-refractivity contribution in [3.8, 4) is 0 Å². The number of ether oxygens (including phenoxy) is 2. The van der Waals surface area contributed by atoms with E-state index in [4.69, 9.17) is 9.47 Å². The maximum Gasteiger partial charge on any atom is 0.329 e. The van der Waals surface area contributed by atoms with E-state index < -0.39 is 52.9 Å². The SMILES string of the molecule is CCCCC(CC)(COC(=O)C(C)CN1C(=O)C=CC1=O)COC(=O)C(C)N1C(=O)C=CC1=O. The zero-order chi connectivity index (χ0) is 25.5. The lowest BCUT2D eigenvalue weighted by atomic mass is 9.81. The first-order valence-electron chi connectivity index (χ1n) is 11.5. The van der Waals surface area contributed by atoms with Gasteiger partial charge in [-0.2, -0.15) is 0 Å². The first-order chi connectivity index (χ1) is 16.0. The summed E-state index contributed by atoms with van der Waals surface area (Å²) in [4.78, 5) is 74.1. The molecule has 0 aromatic heterocycles. The highest BCUT2D eigenvalue weighted by atomic mass is 16.5. The van der Waals surface area contributed by atoms with E-state index in [9.17, 15) is 28.8 Å². The van der Waals surface area contributed by atoms with Crippen LogP contribution in [0.4, 0.5) is 0 Å². The van der Waals surface area contributed by atoms with Gasteiger partial charge in [-0.05, 0) is 19.8 Å². The minimum absolute atomic E-state index is 0.0163. The monoisotopic (exact) mass is 476 g/mol. The molecule has 3 unspecified atom stereocenters. The highest BCUT2D eigenvalue weighted by Gasteiger charge is 2.37. The first kappa shape index (κ1) is 26.9. The van der Waals surface area contributed by atoms with Gasteiger partial charge >= 0.3 is 11.9 Å². The van der Waals surface area contributed by atoms with Crippen molar-refractivity contribution in [3.05, 3.63) is 24.3 Å². The van der Waals surface area contributed by atoms with Gasteiger partial charge in [0.05, 0.1) is 5.92 Å². The summed E-state index contributed by atoms with van der Waals surface area (Å²) in [6, 6.07) is -1.08. The largest absolute Gasteiger partial charge is 0.465 e. The number of hydrogen-bond acceptors (Lipinski definition) is 8. The van der Waals surface area contributed by atoms with Crippen LogP contribution in [0.1, 0.15) is 53.4 Å². The minimum atomic E-state index is -1.08. The summed E-state index contributed by atoms with van der Waals surface area (Å²) in [7, 11) is 0. The summed E-state index contributed by atoms with van der Waals surface area (Å²) in [5.74, 6) is -4.11. The fourth-order valence-corrected chi connectivity index (χ4v) is 3.69. The molecule has 34 heavy (non-hydrogen) atoms. The molecule has 0 aromatic carbocycles. The predicted octanol–water partition coefficient (Wildman–Crippen LogP) is 1.53. The van der Waals surface area contributed by atoms with Crippen LogP contribution in [0.5, 0.6) is 0 Å². The van der Waals surface area contributed by atoms with Crippen LogP contribution in [0.25, 0.3) is 0 Å². The van der Waals surface area contributed by atoms with E-state index in [0.29, 0.717) is 12.8 Å². The molecule has 0 saturated heterocycles. The molecule has 10 nitrogen and oxygen atoms in total. The number of hydrogen-bond donors (Lipinski definition) is 0. The third kappa shape index (κ3) is 6.39. The Morgan fingerprint density at radius 3 is 1.85 bits per heavy atom. The maximum atomic E-state index is 12.6. The van der Waals surface area contributed by atoms with Crippen LogP contribution in [0.2, 0.25) is 0 Å². The molecule has 2 rings (SSSR count). The van der Waals surface area contributed by atoms with Gasteiger partial charge in [-0.1, -0.05) is 33.6 Å². The lowest BCUT2D eigenvalue weighted by molar-refractivity contribution is -0.164. The standard InChI is InChI=1S/C24H32N2O8/c1-5-7-12-24(6-2,15-34-23(32)17(4)26-20(29)10-11-21(26)30)14-33-22(31)16(3)13-25-18(27)8-9-19(25)28/h8-11,16-17H,5-7,12-15H2,1-4H3. The number of amides is 4. The molecule has 0 N–H and O–H groups in total. The number of unbranched alkanes of at least 4 members (excludes halogenated alkanes) is 1. The van der Waals surface area contributed by atoms with Crippen LogP contribution < -0.4 is 0 Å². The first-order valence-corrected chi connectivity index (χ1v) is 11.5. The summed E-state index contributed by atoms with van der Waals surface area (Å²) in [6.07, 6.45) is 7.37. The fourth-order valence-electron chi connectivity index (χ4n) is 3.69. The number of rotatable bonds is 13. The number of esters is 2. The summed E-state index contributed by atoms with van der Waals surface area (Å²) < 4.78 is 11.0. The summed E-state index contributed by atoms with van der Waals surface area (Å²) in [5.41, 5.74) is -0.654. The molecule has 3 atom stereocenters. The number of imide groups is 2. The highest BCUT2D eigenvalue weighted by molar-refractivity contribution is 6.14. The van der Waals surface area contributed by atoms with Gasteiger partial charge in [0.15, 0.2) is 0 Å². The van der Waals surface area contributed by atoms with Crippen LogP contribution in [0, 0.1) is 11.3 Å². The van der Waals surface area contributed by atoms with Gasteiger partial charge in [-0.25, -0.2) is 4.79 Å². The molecule has 0 fully saturated rings. The number of nitrogens with zero attached hydrogens (tertiary/aromatic N) is 2. The molecule has 0 spiro atoms. The van der Waals surface area contributed by atoms with Crippen LogP contribution >= 0.6 is 0 Å². The molecular weight excluding hydrogens is 444 g/mol. The van der Waals surface area contributed by atoms with Gasteiger partial charge in [0.25, 0.3) is 23.6 Å². The molecule has 2 aliphatic rings. The zero-order valence-corrected chi connectivity index (χ0v) is 20.1. The fraction of sp³-hybridized carbons (Fsp3) is 0.583. The van der Waals surface area contributed by atoms with Gasteiger partial charge < -0.3 is 9.47 Å². The smallest absolute Gasteiger partial charge is 0.329 e. The molecule has 2 aliphatic heterocycles. The van der Waals surface area contributed by atoms with Crippen LogP contribution in [-0.4, -0.2) is 71.2 Å². The van der Waals surface area contributed by atoms with E-state index in [-0.39, 0.29) is 19.8 Å². The van der Waals surface area contributed by atoms with Crippen molar-refractivity contribution in [2.24, 2.45) is 11.3 Å². The van der Waals surface area contributed by atoms with E-state index in [1.807, 2.05) is 13.8 Å². The normalized spacial score (nSPS) is 18.9. The van der Waals surface area contributed by atoms with Crippen molar-refractivity contribution in [1.82, 2.24) is 9.80 Å². The Hall–Kier alpha value is -3.30. The van der Waals surface area contributed by atoms with Crippen molar-refractivity contribution in [1.29, 1.82) is 0 Å². The second-order valence-corrected chi connectivity index (χ2v) is 8.75. The van der Waals surface area contributed by atoms with Crippen molar-refractivity contribution >= 4 is 35.6 Å². The van der Waals surface area contributed by atoms with E-state index >= 15 is 0 Å². The Labute approximate surface area is 198 Å². The number of carbonyl (C=O) groups is 6. The number of carbonyl (C=O) groups excluding carboxylic acids is 6. The van der Waals surface area contributed by atoms with Crippen molar-refractivity contribution in [3.63, 3.8) is 0 Å². The maximum absolute atomic E-state index is 12.6. The Bertz CT molecular complexity index is 873. The second kappa shape index (κ2) is 11.7. The molecule has 0 aliphatic carbocycles. The van der Waals surface area contributed by atoms with Gasteiger partial charge in [0.1, 0.15) is 19.3 Å². The summed E-state index contributed by atoms with van der Waals surface area (Å²) in [6.45, 7) is 6.74. The molecule has 10 heteroatoms. The average molecular weight is 477 g/mol. The molecule has 0 saturated carbocycles. The van der Waals surface area contributed by atoms with Crippen LogP contribution in [0.15, 0.2) is 24.3 Å². The minimum Gasteiger partial charge on any atom is -0.465 e. The topological polar surface area (TPSA) is 127 Å². The van der Waals surface area contributed by atoms with Crippen LogP contribution in [-0.2, 0) is 38.2 Å². The van der Waals surface area contributed by atoms with Gasteiger partial charge in [-0.3, -0.25) is 33.8 Å². The molecule has 0 aromatic rings. The second-order valence-electron chi connectivity index (χ2n) is 8.75. The predicted molar refractivity (Wildman–Crippen MR) is 120 cm³/mol. The third-order valence-corrected chi connectivity index (χ3v) is 6.18. The lowest BCUT2D eigenvalue weighted by Crippen LogP contribution is -2.45. The Morgan fingerprint density at radius 1 is 0.853 bits per heavy atom. The van der Waals surface area contributed by atoms with E-state index in [1.165, 1.54) is 6.92 Å². The van der Waals surface area contributed by atoms with Gasteiger partial charge in [-0.15, -0.1) is 0 Å². The Morgan fingerprint density at radius 2 is 1.35 bits per heavy atom.